The highest BCUT2D eigenvalue weighted by molar-refractivity contribution is 7.90. The number of anilines is 4. The van der Waals surface area contributed by atoms with Gasteiger partial charge in [-0.15, -0.1) is 0 Å². The summed E-state index contributed by atoms with van der Waals surface area (Å²) in [5.74, 6) is 0.264. The SMILES string of the molecule is COc1cc(Nc2ncc(F)c(Nc3ccc(CNS(=O)(=O)C4CC4)cc3)n2)cc(Cl)c1OC. The third-order valence-corrected chi connectivity index (χ3v) is 7.27. The zero-order valence-electron chi connectivity index (χ0n) is 18.4. The standard InChI is InChI=1S/C22H23ClFN5O4S/c1-32-19-10-15(9-17(23)20(19)33-2)28-22-25-12-18(24)21(29-22)27-14-5-3-13(4-6-14)11-26-34(30,31)16-7-8-16/h3-6,9-10,12,16,26H,7-8,11H2,1-2H3,(H2,25,27,28,29). The number of sulfonamides is 1. The van der Waals surface area contributed by atoms with Gasteiger partial charge in [0.15, 0.2) is 23.1 Å². The van der Waals surface area contributed by atoms with Gasteiger partial charge in [-0.05, 0) is 36.6 Å². The molecular formula is C22H23ClFN5O4S. The zero-order valence-corrected chi connectivity index (χ0v) is 20.0. The van der Waals surface area contributed by atoms with Gasteiger partial charge in [-0.3, -0.25) is 0 Å². The van der Waals surface area contributed by atoms with E-state index in [0.717, 1.165) is 11.8 Å². The average molecular weight is 508 g/mol. The Balaban J connectivity index is 1.45. The average Bonchev–Trinajstić information content (AvgIpc) is 3.67. The van der Waals surface area contributed by atoms with Crippen LogP contribution in [0.4, 0.5) is 27.5 Å². The lowest BCUT2D eigenvalue weighted by Crippen LogP contribution is -2.26. The summed E-state index contributed by atoms with van der Waals surface area (Å²) in [6.07, 6.45) is 2.46. The topological polar surface area (TPSA) is 114 Å². The molecule has 9 nitrogen and oxygen atoms in total. The van der Waals surface area contributed by atoms with Crippen LogP contribution in [0.15, 0.2) is 42.6 Å². The predicted octanol–water partition coefficient (Wildman–Crippen LogP) is 4.36. The Morgan fingerprint density at radius 3 is 2.47 bits per heavy atom. The van der Waals surface area contributed by atoms with Crippen molar-refractivity contribution in [3.8, 4) is 11.5 Å². The third-order valence-electron chi connectivity index (χ3n) is 5.09. The highest BCUT2D eigenvalue weighted by Crippen LogP contribution is 2.38. The van der Waals surface area contributed by atoms with E-state index in [0.29, 0.717) is 40.7 Å². The van der Waals surface area contributed by atoms with Crippen molar-refractivity contribution in [1.82, 2.24) is 14.7 Å². The lowest BCUT2D eigenvalue weighted by molar-refractivity contribution is 0.355. The van der Waals surface area contributed by atoms with E-state index in [4.69, 9.17) is 21.1 Å². The first-order valence-electron chi connectivity index (χ1n) is 10.3. The van der Waals surface area contributed by atoms with Gasteiger partial charge < -0.3 is 20.1 Å². The van der Waals surface area contributed by atoms with Crippen LogP contribution in [0.3, 0.4) is 0 Å². The number of halogens is 2. The number of nitrogens with one attached hydrogen (secondary N) is 3. The fraction of sp³-hybridized carbons (Fsp3) is 0.273. The molecule has 34 heavy (non-hydrogen) atoms. The summed E-state index contributed by atoms with van der Waals surface area (Å²) >= 11 is 6.23. The second kappa shape index (κ2) is 10.00. The zero-order chi connectivity index (χ0) is 24.3. The van der Waals surface area contributed by atoms with Crippen molar-refractivity contribution in [2.75, 3.05) is 24.9 Å². The van der Waals surface area contributed by atoms with Gasteiger partial charge in [0, 0.05) is 24.0 Å². The number of nitrogens with zero attached hydrogens (tertiary/aromatic N) is 2. The van der Waals surface area contributed by atoms with Crippen molar-refractivity contribution in [2.24, 2.45) is 0 Å². The van der Waals surface area contributed by atoms with Crippen molar-refractivity contribution < 1.29 is 22.3 Å². The van der Waals surface area contributed by atoms with E-state index in [1.807, 2.05) is 0 Å². The normalized spacial score (nSPS) is 13.4. The molecule has 0 atom stereocenters. The maximum atomic E-state index is 14.3. The molecule has 4 rings (SSSR count). The number of aromatic nitrogens is 2. The van der Waals surface area contributed by atoms with Crippen LogP contribution in [0.25, 0.3) is 0 Å². The van der Waals surface area contributed by atoms with Gasteiger partial charge in [0.1, 0.15) is 0 Å². The molecule has 0 amide bonds. The Hall–Kier alpha value is -3.15. The first-order chi connectivity index (χ1) is 16.3. The minimum Gasteiger partial charge on any atom is -0.493 e. The molecule has 2 aromatic carbocycles. The number of hydrogen-bond donors (Lipinski definition) is 3. The van der Waals surface area contributed by atoms with Crippen LogP contribution >= 0.6 is 11.6 Å². The maximum Gasteiger partial charge on any atom is 0.229 e. The summed E-state index contributed by atoms with van der Waals surface area (Å²) in [6, 6.07) is 10.2. The monoisotopic (exact) mass is 507 g/mol. The van der Waals surface area contributed by atoms with Gasteiger partial charge in [-0.2, -0.15) is 4.98 Å². The molecule has 0 bridgehead atoms. The Labute approximate surface area is 201 Å². The van der Waals surface area contributed by atoms with Crippen LogP contribution in [-0.4, -0.2) is 37.9 Å². The summed E-state index contributed by atoms with van der Waals surface area (Å²) in [6.45, 7) is 0.197. The Bertz CT molecular complexity index is 1290. The largest absolute Gasteiger partial charge is 0.493 e. The van der Waals surface area contributed by atoms with Crippen LogP contribution in [0, 0.1) is 5.82 Å². The summed E-state index contributed by atoms with van der Waals surface area (Å²) in [4.78, 5) is 8.16. The van der Waals surface area contributed by atoms with Crippen LogP contribution < -0.4 is 24.8 Å². The molecule has 180 valence electrons. The van der Waals surface area contributed by atoms with Crippen LogP contribution in [-0.2, 0) is 16.6 Å². The van der Waals surface area contributed by atoms with Crippen molar-refractivity contribution in [3.05, 3.63) is 59.0 Å². The molecule has 12 heteroatoms. The van der Waals surface area contributed by atoms with Crippen molar-refractivity contribution in [2.45, 2.75) is 24.6 Å². The maximum absolute atomic E-state index is 14.3. The number of benzene rings is 2. The van der Waals surface area contributed by atoms with Crippen LogP contribution in [0.2, 0.25) is 5.02 Å². The molecule has 1 aliphatic rings. The number of ether oxygens (including phenoxy) is 2. The molecule has 3 aromatic rings. The summed E-state index contributed by atoms with van der Waals surface area (Å²) in [7, 11) is -0.283. The van der Waals surface area contributed by atoms with Crippen molar-refractivity contribution in [3.63, 3.8) is 0 Å². The molecule has 1 saturated carbocycles. The molecule has 0 radical (unpaired) electrons. The fourth-order valence-corrected chi connectivity index (χ4v) is 4.81. The Kier molecular flexibility index (Phi) is 7.05. The van der Waals surface area contributed by atoms with Crippen LogP contribution in [0.1, 0.15) is 18.4 Å². The molecule has 0 saturated heterocycles. The number of methoxy groups -OCH3 is 2. The lowest BCUT2D eigenvalue weighted by Gasteiger charge is -2.13. The van der Waals surface area contributed by atoms with Crippen molar-refractivity contribution >= 4 is 44.8 Å². The molecule has 0 spiro atoms. The first-order valence-corrected chi connectivity index (χ1v) is 12.3. The van der Waals surface area contributed by atoms with Gasteiger partial charge >= 0.3 is 0 Å². The molecule has 1 aromatic heterocycles. The minimum atomic E-state index is -3.25. The quantitative estimate of drug-likeness (QED) is 0.371. The summed E-state index contributed by atoms with van der Waals surface area (Å²) in [5.41, 5.74) is 1.88. The molecule has 0 aliphatic heterocycles. The van der Waals surface area contributed by atoms with Gasteiger partial charge in [0.25, 0.3) is 0 Å². The fourth-order valence-electron chi connectivity index (χ4n) is 3.16. The lowest BCUT2D eigenvalue weighted by atomic mass is 10.2. The molecule has 1 fully saturated rings. The summed E-state index contributed by atoms with van der Waals surface area (Å²) < 4.78 is 51.3. The van der Waals surface area contributed by atoms with E-state index >= 15 is 0 Å². The highest BCUT2D eigenvalue weighted by atomic mass is 35.5. The second-order valence-corrected chi connectivity index (χ2v) is 10.0. The van der Waals surface area contributed by atoms with Gasteiger partial charge in [0.05, 0.1) is 30.7 Å². The Morgan fingerprint density at radius 1 is 1.09 bits per heavy atom. The first kappa shape index (κ1) is 24.0. The van der Waals surface area contributed by atoms with E-state index < -0.39 is 15.8 Å². The molecule has 0 unspecified atom stereocenters. The molecule has 1 aliphatic carbocycles. The molecule has 1 heterocycles. The van der Waals surface area contributed by atoms with Crippen LogP contribution in [0.5, 0.6) is 11.5 Å². The van der Waals surface area contributed by atoms with E-state index in [9.17, 15) is 12.8 Å². The second-order valence-electron chi connectivity index (χ2n) is 7.60. The predicted molar refractivity (Wildman–Crippen MR) is 128 cm³/mol. The van der Waals surface area contributed by atoms with E-state index in [1.54, 1.807) is 36.4 Å². The highest BCUT2D eigenvalue weighted by Gasteiger charge is 2.35. The molecular weight excluding hydrogens is 485 g/mol. The molecule has 3 N–H and O–H groups in total. The van der Waals surface area contributed by atoms with E-state index in [-0.39, 0.29) is 23.6 Å². The minimum absolute atomic E-state index is 0.0359. The Morgan fingerprint density at radius 2 is 1.82 bits per heavy atom. The summed E-state index contributed by atoms with van der Waals surface area (Å²) in [5, 5.41) is 5.92. The van der Waals surface area contributed by atoms with Crippen molar-refractivity contribution in [1.29, 1.82) is 0 Å². The van der Waals surface area contributed by atoms with E-state index in [1.165, 1.54) is 14.2 Å². The number of hydrogen-bond acceptors (Lipinski definition) is 8. The van der Waals surface area contributed by atoms with Gasteiger partial charge in [0.2, 0.25) is 16.0 Å². The van der Waals surface area contributed by atoms with E-state index in [2.05, 4.69) is 25.3 Å². The third kappa shape index (κ3) is 5.66. The van der Waals surface area contributed by atoms with Gasteiger partial charge in [-0.1, -0.05) is 23.7 Å². The van der Waals surface area contributed by atoms with Gasteiger partial charge in [-0.25, -0.2) is 22.5 Å². The number of rotatable bonds is 10. The smallest absolute Gasteiger partial charge is 0.229 e.